The number of rotatable bonds is 7. The number of nitrogens with zero attached hydrogens (tertiary/aromatic N) is 2. The van der Waals surface area contributed by atoms with Gasteiger partial charge in [0, 0.05) is 54.2 Å². The molecule has 5 aromatic carbocycles. The number of aryl methyl sites for hydroxylation is 1. The van der Waals surface area contributed by atoms with Crippen molar-refractivity contribution in [2.45, 2.75) is 12.8 Å². The van der Waals surface area contributed by atoms with Crippen LogP contribution < -0.4 is 4.90 Å². The highest BCUT2D eigenvalue weighted by atomic mass is 32.2. The van der Waals surface area contributed by atoms with Crippen LogP contribution in [0.15, 0.2) is 109 Å². The molecule has 0 aliphatic heterocycles. The third kappa shape index (κ3) is 5.10. The molecule has 0 amide bonds. The molecule has 39 heavy (non-hydrogen) atoms. The van der Waals surface area contributed by atoms with Gasteiger partial charge >= 0.3 is 0 Å². The van der Waals surface area contributed by atoms with Crippen molar-refractivity contribution in [1.82, 2.24) is 4.98 Å². The normalized spacial score (nSPS) is 12.0. The van der Waals surface area contributed by atoms with Gasteiger partial charge in [0.2, 0.25) is 4.70 Å². The lowest BCUT2D eigenvalue weighted by molar-refractivity contribution is 1.10. The second-order valence-electron chi connectivity index (χ2n) is 10.3. The molecule has 1 unspecified atom stereocenters. The van der Waals surface area contributed by atoms with Gasteiger partial charge in [-0.3, -0.25) is 0 Å². The van der Waals surface area contributed by atoms with E-state index < -0.39 is 0 Å². The van der Waals surface area contributed by atoms with Crippen molar-refractivity contribution in [3.8, 4) is 0 Å². The van der Waals surface area contributed by atoms with Crippen molar-refractivity contribution in [3.63, 3.8) is 0 Å². The molecule has 0 N–H and O–H groups in total. The van der Waals surface area contributed by atoms with Crippen LogP contribution in [-0.4, -0.2) is 19.1 Å². The van der Waals surface area contributed by atoms with E-state index in [1.54, 1.807) is 0 Å². The van der Waals surface area contributed by atoms with E-state index in [9.17, 15) is 0 Å². The topological polar surface area (TPSA) is 16.1 Å². The summed E-state index contributed by atoms with van der Waals surface area (Å²) in [5.74, 6) is 0. The molecule has 6 aromatic rings. The minimum Gasteiger partial charge on any atom is -0.377 e. The highest BCUT2D eigenvalue weighted by Gasteiger charge is 2.22. The van der Waals surface area contributed by atoms with E-state index >= 15 is 0 Å². The maximum atomic E-state index is 5.31. The molecule has 0 aliphatic carbocycles. The van der Waals surface area contributed by atoms with E-state index in [2.05, 4.69) is 147 Å². The third-order valence-corrected chi connectivity index (χ3v) is 9.34. The zero-order valence-corrected chi connectivity index (χ0v) is 23.6. The number of hydrogen-bond donors (Lipinski definition) is 0. The molecule has 1 aromatic heterocycles. The predicted octanol–water partition coefficient (Wildman–Crippen LogP) is 9.09. The molecule has 1 atom stereocenters. The average Bonchev–Trinajstić information content (AvgIpc) is 3.29. The minimum atomic E-state index is -0.0727. The summed E-state index contributed by atoms with van der Waals surface area (Å²) in [7, 11) is 4.13. The Kier molecular flexibility index (Phi) is 7.00. The Labute approximate surface area is 233 Å². The number of fused-ring (bicyclic) bond motifs is 2. The first kappa shape index (κ1) is 25.1. The van der Waals surface area contributed by atoms with Crippen LogP contribution in [0.2, 0.25) is 0 Å². The summed E-state index contributed by atoms with van der Waals surface area (Å²) in [6.07, 6.45) is 8.60. The van der Waals surface area contributed by atoms with Gasteiger partial charge in [0.1, 0.15) is 11.8 Å². The van der Waals surface area contributed by atoms with Crippen LogP contribution in [0.25, 0.3) is 33.1 Å². The maximum Gasteiger partial charge on any atom is 0.267 e. The Hall–Kier alpha value is -4.21. The SMILES string of the molecule is CN(C)c1ccc(/C=C/c2nc3c(Cc4ccccc4)c(Cc4ccccc4)ccc3[s+]2C)c2ccccc12. The monoisotopic (exact) mass is 525 g/mol. The zero-order chi connectivity index (χ0) is 26.8. The first-order valence-corrected chi connectivity index (χ1v) is 15.1. The first-order valence-electron chi connectivity index (χ1n) is 13.4. The van der Waals surface area contributed by atoms with Crippen LogP contribution in [-0.2, 0) is 19.1 Å². The lowest BCUT2D eigenvalue weighted by atomic mass is 9.94. The molecule has 2 nitrogen and oxygen atoms in total. The van der Waals surface area contributed by atoms with E-state index in [0.717, 1.165) is 17.8 Å². The Morgan fingerprint density at radius 2 is 1.31 bits per heavy atom. The molecule has 0 bridgehead atoms. The van der Waals surface area contributed by atoms with Crippen LogP contribution >= 0.6 is 10.5 Å². The fraction of sp³-hybridized carbons (Fsp3) is 0.139. The maximum absolute atomic E-state index is 5.31. The van der Waals surface area contributed by atoms with Gasteiger partial charge in [-0.05, 0) is 51.8 Å². The summed E-state index contributed by atoms with van der Waals surface area (Å²) < 4.78 is 1.35. The van der Waals surface area contributed by atoms with Crippen molar-refractivity contribution >= 4 is 49.3 Å². The zero-order valence-electron chi connectivity index (χ0n) is 22.8. The Morgan fingerprint density at radius 3 is 2.00 bits per heavy atom. The molecule has 0 aliphatic rings. The van der Waals surface area contributed by atoms with Gasteiger partial charge < -0.3 is 4.90 Å². The van der Waals surface area contributed by atoms with Crippen LogP contribution in [0.1, 0.15) is 32.8 Å². The molecular weight excluding hydrogens is 492 g/mol. The largest absolute Gasteiger partial charge is 0.377 e. The Bertz CT molecular complexity index is 1780. The van der Waals surface area contributed by atoms with Crippen LogP contribution in [0.3, 0.4) is 0 Å². The fourth-order valence-electron chi connectivity index (χ4n) is 5.44. The molecule has 0 spiro atoms. The summed E-state index contributed by atoms with van der Waals surface area (Å²) >= 11 is 0. The molecular formula is C36H33N2S+. The second kappa shape index (κ2) is 10.9. The van der Waals surface area contributed by atoms with E-state index in [0.29, 0.717) is 0 Å². The quantitative estimate of drug-likeness (QED) is 0.193. The molecule has 1 heterocycles. The van der Waals surface area contributed by atoms with Crippen molar-refractivity contribution in [3.05, 3.63) is 142 Å². The van der Waals surface area contributed by atoms with E-state index in [1.807, 2.05) is 0 Å². The fourth-order valence-corrected chi connectivity index (χ4v) is 6.90. The lowest BCUT2D eigenvalue weighted by Gasteiger charge is -2.16. The van der Waals surface area contributed by atoms with E-state index in [1.165, 1.54) is 54.5 Å². The highest BCUT2D eigenvalue weighted by Crippen LogP contribution is 2.38. The second-order valence-corrected chi connectivity index (χ2v) is 12.2. The van der Waals surface area contributed by atoms with Crippen molar-refractivity contribution in [1.29, 1.82) is 0 Å². The number of benzene rings is 5. The molecule has 0 fully saturated rings. The van der Waals surface area contributed by atoms with Gasteiger partial charge in [-0.1, -0.05) is 97.1 Å². The summed E-state index contributed by atoms with van der Waals surface area (Å²) in [6.45, 7) is 0. The summed E-state index contributed by atoms with van der Waals surface area (Å²) in [5, 5.41) is 3.69. The van der Waals surface area contributed by atoms with Crippen LogP contribution in [0.4, 0.5) is 5.69 Å². The number of thiazole rings is 1. The van der Waals surface area contributed by atoms with E-state index in [4.69, 9.17) is 4.98 Å². The molecule has 192 valence electrons. The van der Waals surface area contributed by atoms with Gasteiger partial charge in [0.05, 0.1) is 0 Å². The van der Waals surface area contributed by atoms with E-state index in [-0.39, 0.29) is 10.5 Å². The predicted molar refractivity (Wildman–Crippen MR) is 171 cm³/mol. The van der Waals surface area contributed by atoms with Gasteiger partial charge in [0.25, 0.3) is 5.01 Å². The first-order chi connectivity index (χ1) is 19.1. The van der Waals surface area contributed by atoms with Gasteiger partial charge in [-0.2, -0.15) is 4.98 Å². The smallest absolute Gasteiger partial charge is 0.267 e. The third-order valence-electron chi connectivity index (χ3n) is 7.49. The number of anilines is 1. The molecule has 0 saturated carbocycles. The number of aromatic nitrogens is 1. The summed E-state index contributed by atoms with van der Waals surface area (Å²) in [4.78, 5) is 7.48. The van der Waals surface area contributed by atoms with Gasteiger partial charge in [0.15, 0.2) is 0 Å². The van der Waals surface area contributed by atoms with Gasteiger partial charge in [-0.25, -0.2) is 0 Å². The van der Waals surface area contributed by atoms with Crippen LogP contribution in [0, 0.1) is 0 Å². The summed E-state index contributed by atoms with van der Waals surface area (Å²) in [6, 6.07) is 39.3. The Morgan fingerprint density at radius 1 is 0.667 bits per heavy atom. The van der Waals surface area contributed by atoms with Crippen LogP contribution in [0.5, 0.6) is 0 Å². The van der Waals surface area contributed by atoms with Crippen molar-refractivity contribution < 1.29 is 0 Å². The van der Waals surface area contributed by atoms with Crippen molar-refractivity contribution in [2.24, 2.45) is 6.26 Å². The lowest BCUT2D eigenvalue weighted by Crippen LogP contribution is -2.09. The molecule has 0 radical (unpaired) electrons. The molecule has 3 heteroatoms. The van der Waals surface area contributed by atoms with Gasteiger partial charge in [-0.15, -0.1) is 0 Å². The highest BCUT2D eigenvalue weighted by molar-refractivity contribution is 7.36. The van der Waals surface area contributed by atoms with Crippen molar-refractivity contribution in [2.75, 3.05) is 19.0 Å². The molecule has 6 rings (SSSR count). The standard InChI is InChI=1S/C36H33N2S/c1-38(2)33-21-18-28(30-16-10-11-17-31(30)33)20-23-35-37-36-32(25-27-14-8-5-9-15-27)29(19-22-34(36)39(35)3)24-26-12-6-4-7-13-26/h4-23H,24-25H2,1-3H3/q+1/b23-20+. The average molecular weight is 526 g/mol. The number of hydrogen-bond acceptors (Lipinski definition) is 2. The molecule has 0 saturated heterocycles. The minimum absolute atomic E-state index is 0.0727. The Balaban J connectivity index is 1.44. The summed E-state index contributed by atoms with van der Waals surface area (Å²) in [5.41, 5.74) is 9.00.